The zero-order valence-corrected chi connectivity index (χ0v) is 12.8. The van der Waals surface area contributed by atoms with Crippen LogP contribution < -0.4 is 5.32 Å². The first kappa shape index (κ1) is 14.0. The zero-order valence-electron chi connectivity index (χ0n) is 11.1. The maximum atomic E-state index is 11.0. The number of hydrogen-bond donors (Lipinski definition) is 2. The van der Waals surface area contributed by atoms with Gasteiger partial charge in [-0.3, -0.25) is 0 Å². The van der Waals surface area contributed by atoms with Crippen LogP contribution in [-0.2, 0) is 12.8 Å². The number of thiophene rings is 1. The average molecular weight is 315 g/mol. The molecule has 0 saturated heterocycles. The van der Waals surface area contributed by atoms with Crippen molar-refractivity contribution in [1.82, 2.24) is 5.32 Å². The van der Waals surface area contributed by atoms with Gasteiger partial charge >= 0.3 is 5.97 Å². The molecule has 1 aliphatic rings. The Labute approximate surface area is 131 Å². The summed E-state index contributed by atoms with van der Waals surface area (Å²) in [7, 11) is 0. The molecule has 3 rings (SSSR count). The van der Waals surface area contributed by atoms with Crippen molar-refractivity contribution in [2.24, 2.45) is 0 Å². The molecule has 0 fully saturated rings. The van der Waals surface area contributed by atoms with E-state index in [9.17, 15) is 4.79 Å². The molecule has 0 spiro atoms. The van der Waals surface area contributed by atoms with E-state index in [0.717, 1.165) is 22.6 Å². The molecule has 0 unspecified atom stereocenters. The van der Waals surface area contributed by atoms with E-state index < -0.39 is 5.97 Å². The number of carboxylic acids is 1. The summed E-state index contributed by atoms with van der Waals surface area (Å²) < 4.78 is 0. The number of thiocarbonyl (C=S) groups is 1. The summed E-state index contributed by atoms with van der Waals surface area (Å²) in [5.41, 5.74) is 3.12. The Morgan fingerprint density at radius 3 is 2.81 bits per heavy atom. The first-order chi connectivity index (χ1) is 10.1. The Hall–Kier alpha value is -1.98. The first-order valence-corrected chi connectivity index (χ1v) is 7.76. The molecule has 106 valence electrons. The molecule has 1 aliphatic heterocycles. The molecule has 0 radical (unpaired) electrons. The highest BCUT2D eigenvalue weighted by atomic mass is 32.1. The summed E-state index contributed by atoms with van der Waals surface area (Å²) in [5, 5.41) is 12.3. The number of rotatable bonds is 3. The second kappa shape index (κ2) is 5.79. The Kier molecular flexibility index (Phi) is 3.86. The molecule has 3 nitrogen and oxygen atoms in total. The van der Waals surface area contributed by atoms with Gasteiger partial charge in [0.05, 0.1) is 0 Å². The van der Waals surface area contributed by atoms with Gasteiger partial charge in [0.15, 0.2) is 0 Å². The minimum Gasteiger partial charge on any atom is -0.477 e. The van der Waals surface area contributed by atoms with Gasteiger partial charge in [-0.2, -0.15) is 0 Å². The third kappa shape index (κ3) is 3.04. The van der Waals surface area contributed by atoms with Gasteiger partial charge in [-0.25, -0.2) is 4.79 Å². The predicted octanol–water partition coefficient (Wildman–Crippen LogP) is 3.39. The van der Waals surface area contributed by atoms with Gasteiger partial charge in [0.2, 0.25) is 0 Å². The highest BCUT2D eigenvalue weighted by Gasteiger charge is 2.19. The van der Waals surface area contributed by atoms with Crippen molar-refractivity contribution in [3.8, 4) is 0 Å². The number of hydrogen-bond acceptors (Lipinski definition) is 3. The van der Waals surface area contributed by atoms with Crippen molar-refractivity contribution in [1.29, 1.82) is 0 Å². The molecule has 5 heteroatoms. The number of aromatic carboxylic acids is 1. The van der Waals surface area contributed by atoms with Gasteiger partial charge in [0.1, 0.15) is 9.87 Å². The molecule has 1 aromatic carbocycles. The van der Waals surface area contributed by atoms with Crippen molar-refractivity contribution >= 4 is 34.5 Å². The van der Waals surface area contributed by atoms with Crippen LogP contribution in [0.3, 0.4) is 0 Å². The number of benzene rings is 1. The third-order valence-corrected chi connectivity index (χ3v) is 4.78. The lowest BCUT2D eigenvalue weighted by Crippen LogP contribution is -2.21. The number of carboxylic acid groups (broad SMARTS) is 1. The summed E-state index contributed by atoms with van der Waals surface area (Å²) in [6.45, 7) is 0. The monoisotopic (exact) mass is 315 g/mol. The van der Waals surface area contributed by atoms with E-state index >= 15 is 0 Å². The molecule has 2 heterocycles. The minimum atomic E-state index is -0.899. The highest BCUT2D eigenvalue weighted by Crippen LogP contribution is 2.26. The Morgan fingerprint density at radius 2 is 2.10 bits per heavy atom. The average Bonchev–Trinajstić information content (AvgIpc) is 2.85. The fraction of sp³-hybridized carbons (Fsp3) is 0.125. The van der Waals surface area contributed by atoms with Crippen molar-refractivity contribution in [2.75, 3.05) is 0 Å². The van der Waals surface area contributed by atoms with E-state index in [4.69, 9.17) is 17.3 Å². The molecule has 0 atom stereocenters. The normalized spacial score (nSPS) is 13.9. The van der Waals surface area contributed by atoms with Crippen molar-refractivity contribution in [2.45, 2.75) is 12.8 Å². The van der Waals surface area contributed by atoms with Gasteiger partial charge < -0.3 is 10.4 Å². The van der Waals surface area contributed by atoms with E-state index in [2.05, 4.69) is 23.5 Å². The molecule has 2 aromatic rings. The van der Waals surface area contributed by atoms with Crippen LogP contribution in [0, 0.1) is 0 Å². The molecule has 0 amide bonds. The van der Waals surface area contributed by atoms with Crippen molar-refractivity contribution in [3.63, 3.8) is 0 Å². The molecule has 1 aromatic heterocycles. The Morgan fingerprint density at radius 1 is 1.33 bits per heavy atom. The van der Waals surface area contributed by atoms with Gasteiger partial charge in [0, 0.05) is 29.0 Å². The summed E-state index contributed by atoms with van der Waals surface area (Å²) in [6, 6.07) is 11.8. The standard InChI is InChI=1S/C16H13NO2S2/c18-16(19)14-9-12-13(21-14)7-6-11(17-15(12)20)8-10-4-2-1-3-5-10/h1-6,9H,7-8H2,(H,17,20)(H,18,19). The van der Waals surface area contributed by atoms with E-state index in [1.807, 2.05) is 18.2 Å². The van der Waals surface area contributed by atoms with Crippen LogP contribution in [0.25, 0.3) is 0 Å². The van der Waals surface area contributed by atoms with E-state index in [0.29, 0.717) is 16.3 Å². The lowest BCUT2D eigenvalue weighted by molar-refractivity contribution is 0.0702. The van der Waals surface area contributed by atoms with Gasteiger partial charge in [-0.05, 0) is 11.6 Å². The summed E-state index contributed by atoms with van der Waals surface area (Å²) in [4.78, 5) is 13.0. The van der Waals surface area contributed by atoms with E-state index in [1.165, 1.54) is 16.9 Å². The SMILES string of the molecule is O=C(O)c1cc2c(s1)CC=C(Cc1ccccc1)NC2=S. The largest absolute Gasteiger partial charge is 0.477 e. The fourth-order valence-electron chi connectivity index (χ4n) is 2.29. The van der Waals surface area contributed by atoms with Crippen LogP contribution in [0.4, 0.5) is 0 Å². The summed E-state index contributed by atoms with van der Waals surface area (Å²) in [6.07, 6.45) is 3.59. The number of carbonyl (C=O) groups is 1. The molecule has 0 bridgehead atoms. The van der Waals surface area contributed by atoms with Crippen LogP contribution in [0.2, 0.25) is 0 Å². The summed E-state index contributed by atoms with van der Waals surface area (Å²) >= 11 is 6.70. The van der Waals surface area contributed by atoms with Crippen molar-refractivity contribution < 1.29 is 9.90 Å². The zero-order chi connectivity index (χ0) is 14.8. The number of nitrogens with one attached hydrogen (secondary N) is 1. The molecule has 0 aliphatic carbocycles. The van der Waals surface area contributed by atoms with Crippen LogP contribution in [0.5, 0.6) is 0 Å². The maximum absolute atomic E-state index is 11.0. The molecule has 0 saturated carbocycles. The lowest BCUT2D eigenvalue weighted by atomic mass is 10.1. The topological polar surface area (TPSA) is 49.3 Å². The highest BCUT2D eigenvalue weighted by molar-refractivity contribution is 7.80. The van der Waals surface area contributed by atoms with Gasteiger partial charge in [0.25, 0.3) is 0 Å². The van der Waals surface area contributed by atoms with Crippen LogP contribution >= 0.6 is 23.6 Å². The van der Waals surface area contributed by atoms with Crippen molar-refractivity contribution in [3.05, 3.63) is 69.1 Å². The molecular weight excluding hydrogens is 302 g/mol. The number of allylic oxidation sites excluding steroid dienone is 2. The Balaban J connectivity index is 1.84. The second-order valence-electron chi connectivity index (χ2n) is 4.80. The molecule has 21 heavy (non-hydrogen) atoms. The molecular formula is C16H13NO2S2. The number of fused-ring (bicyclic) bond motifs is 1. The maximum Gasteiger partial charge on any atom is 0.345 e. The van der Waals surface area contributed by atoms with E-state index in [-0.39, 0.29) is 0 Å². The lowest BCUT2D eigenvalue weighted by Gasteiger charge is -2.09. The van der Waals surface area contributed by atoms with Gasteiger partial charge in [-0.15, -0.1) is 11.3 Å². The van der Waals surface area contributed by atoms with Crippen LogP contribution in [-0.4, -0.2) is 16.1 Å². The van der Waals surface area contributed by atoms with Crippen LogP contribution in [0.15, 0.2) is 48.2 Å². The van der Waals surface area contributed by atoms with Crippen LogP contribution in [0.1, 0.15) is 25.7 Å². The third-order valence-electron chi connectivity index (χ3n) is 3.31. The fourth-order valence-corrected chi connectivity index (χ4v) is 3.64. The quantitative estimate of drug-likeness (QED) is 0.853. The smallest absolute Gasteiger partial charge is 0.345 e. The first-order valence-electron chi connectivity index (χ1n) is 6.54. The second-order valence-corrected chi connectivity index (χ2v) is 6.35. The molecule has 2 N–H and O–H groups in total. The van der Waals surface area contributed by atoms with E-state index in [1.54, 1.807) is 6.07 Å². The predicted molar refractivity (Wildman–Crippen MR) is 88.0 cm³/mol. The minimum absolute atomic E-state index is 0.337. The van der Waals surface area contributed by atoms with Gasteiger partial charge in [-0.1, -0.05) is 48.6 Å². The Bertz CT molecular complexity index is 732. The summed E-state index contributed by atoms with van der Waals surface area (Å²) in [5.74, 6) is -0.899.